The summed E-state index contributed by atoms with van der Waals surface area (Å²) in [6.45, 7) is 6.11. The Balaban J connectivity index is 1.24. The molecule has 48 heavy (non-hydrogen) atoms. The third kappa shape index (κ3) is 10.1. The van der Waals surface area contributed by atoms with Gasteiger partial charge in [-0.25, -0.2) is 5.48 Å². The van der Waals surface area contributed by atoms with E-state index in [1.165, 1.54) is 25.7 Å². The van der Waals surface area contributed by atoms with Gasteiger partial charge in [-0.3, -0.25) is 19.7 Å². The fourth-order valence-electron chi connectivity index (χ4n) is 6.71. The number of aliphatic hydroxyl groups is 1. The highest BCUT2D eigenvalue weighted by atomic mass is 16.7. The third-order valence-corrected chi connectivity index (χ3v) is 9.37. The number of aliphatic hydroxyl groups excluding tert-OH is 1. The van der Waals surface area contributed by atoms with Crippen LogP contribution < -0.4 is 10.8 Å². The minimum absolute atomic E-state index is 0.0109. The van der Waals surface area contributed by atoms with Crippen LogP contribution in [-0.2, 0) is 32.2 Å². The number of carbonyl (C=O) groups is 2. The van der Waals surface area contributed by atoms with Crippen molar-refractivity contribution in [1.29, 1.82) is 0 Å². The highest BCUT2D eigenvalue weighted by Crippen LogP contribution is 2.39. The summed E-state index contributed by atoms with van der Waals surface area (Å²) >= 11 is 0. The molecule has 1 heterocycles. The molecule has 2 amide bonds. The first-order chi connectivity index (χ1) is 23.4. The number of nitrogens with one attached hydrogen (secondary N) is 2. The average Bonchev–Trinajstić information content (AvgIpc) is 3.68. The average molecular weight is 656 g/mol. The Hall–Kier alpha value is -3.86. The van der Waals surface area contributed by atoms with Gasteiger partial charge in [-0.2, -0.15) is 0 Å². The lowest BCUT2D eigenvalue weighted by Crippen LogP contribution is -2.43. The van der Waals surface area contributed by atoms with Crippen molar-refractivity contribution in [2.24, 2.45) is 0 Å². The largest absolute Gasteiger partial charge is 0.392 e. The summed E-state index contributed by atoms with van der Waals surface area (Å²) in [5.41, 5.74) is 7.61. The Labute approximate surface area is 283 Å². The second-order valence-corrected chi connectivity index (χ2v) is 12.9. The zero-order valence-corrected chi connectivity index (χ0v) is 27.7. The van der Waals surface area contributed by atoms with Gasteiger partial charge in [-0.15, -0.1) is 6.58 Å². The van der Waals surface area contributed by atoms with Crippen LogP contribution in [0.25, 0.3) is 11.1 Å². The lowest BCUT2D eigenvalue weighted by atomic mass is 9.98. The van der Waals surface area contributed by atoms with Gasteiger partial charge in [0.05, 0.1) is 18.8 Å². The van der Waals surface area contributed by atoms with Crippen molar-refractivity contribution in [3.05, 3.63) is 108 Å². The minimum Gasteiger partial charge on any atom is -0.392 e. The normalized spacial score (nSPS) is 19.7. The molecule has 5 rings (SSSR count). The van der Waals surface area contributed by atoms with Gasteiger partial charge in [-0.1, -0.05) is 85.6 Å². The molecular formula is C39H49N3O6. The van der Waals surface area contributed by atoms with Gasteiger partial charge in [0.25, 0.3) is 0 Å². The van der Waals surface area contributed by atoms with Gasteiger partial charge in [-0.05, 0) is 59.6 Å². The van der Waals surface area contributed by atoms with E-state index < -0.39 is 12.2 Å². The predicted molar refractivity (Wildman–Crippen MR) is 185 cm³/mol. The van der Waals surface area contributed by atoms with Crippen molar-refractivity contribution in [2.45, 2.75) is 95.5 Å². The van der Waals surface area contributed by atoms with E-state index in [1.807, 2.05) is 42.5 Å². The Bertz CT molecular complexity index is 1470. The quantitative estimate of drug-likeness (QED) is 0.0602. The van der Waals surface area contributed by atoms with Crippen molar-refractivity contribution >= 4 is 11.8 Å². The molecule has 9 heteroatoms. The van der Waals surface area contributed by atoms with E-state index in [-0.39, 0.29) is 31.1 Å². The number of unbranched alkanes of at least 4 members (excludes halogenated alkanes) is 1. The van der Waals surface area contributed by atoms with Crippen LogP contribution in [0.2, 0.25) is 0 Å². The summed E-state index contributed by atoms with van der Waals surface area (Å²) < 4.78 is 13.3. The number of hydroxylamine groups is 1. The maximum Gasteiger partial charge on any atom is 0.243 e. The molecular weight excluding hydrogens is 606 g/mol. The van der Waals surface area contributed by atoms with E-state index in [2.05, 4.69) is 53.2 Å². The van der Waals surface area contributed by atoms with Gasteiger partial charge in [0.2, 0.25) is 11.8 Å². The molecule has 0 aromatic heterocycles. The maximum absolute atomic E-state index is 12.3. The summed E-state index contributed by atoms with van der Waals surface area (Å²) in [5, 5.41) is 21.1. The number of hydrogen-bond donors (Lipinski definition) is 4. The standard InChI is InChI=1S/C39H49N3O6/c1-2-22-42(34-10-3-4-11-34)26-35-24-36(31-16-14-28(27-43)15-17-31)48-39(47-35)32-20-18-30(19-21-32)33-9-7-8-29(23-33)25-40-37(44)12-5-6-13-38(45)41-46/h2,7-9,14-21,23,34-36,39,43,46H,1,3-6,10-13,22,24-27H2,(H,40,44)(H,41,45)/t35-,36+,39+/m1/s1. The fourth-order valence-corrected chi connectivity index (χ4v) is 6.71. The van der Waals surface area contributed by atoms with Crippen molar-refractivity contribution < 1.29 is 29.4 Å². The first-order valence-electron chi connectivity index (χ1n) is 17.2. The van der Waals surface area contributed by atoms with Crippen LogP contribution in [0.5, 0.6) is 0 Å². The molecule has 4 N–H and O–H groups in total. The van der Waals surface area contributed by atoms with Gasteiger partial charge < -0.3 is 19.9 Å². The second-order valence-electron chi connectivity index (χ2n) is 12.9. The Kier molecular flexibility index (Phi) is 13.3. The molecule has 0 spiro atoms. The lowest BCUT2D eigenvalue weighted by Gasteiger charge is -2.39. The molecule has 0 unspecified atom stereocenters. The zero-order chi connectivity index (χ0) is 33.7. The molecule has 3 aromatic carbocycles. The highest BCUT2D eigenvalue weighted by Gasteiger charge is 2.34. The number of amides is 2. The smallest absolute Gasteiger partial charge is 0.243 e. The monoisotopic (exact) mass is 655 g/mol. The molecule has 0 radical (unpaired) electrons. The van der Waals surface area contributed by atoms with Gasteiger partial charge in [0, 0.05) is 50.5 Å². The van der Waals surface area contributed by atoms with Crippen LogP contribution in [0, 0.1) is 0 Å². The van der Waals surface area contributed by atoms with Crippen LogP contribution in [0.1, 0.15) is 92.4 Å². The summed E-state index contributed by atoms with van der Waals surface area (Å²) in [5.74, 6) is -0.513. The summed E-state index contributed by atoms with van der Waals surface area (Å²) in [6, 6.07) is 25.0. The number of nitrogens with zero attached hydrogens (tertiary/aromatic N) is 1. The minimum atomic E-state index is -0.519. The van der Waals surface area contributed by atoms with Crippen molar-refractivity contribution in [3.8, 4) is 11.1 Å². The number of rotatable bonds is 16. The van der Waals surface area contributed by atoms with Crippen LogP contribution in [-0.4, -0.2) is 52.3 Å². The number of ether oxygens (including phenoxy) is 2. The van der Waals surface area contributed by atoms with Crippen molar-refractivity contribution in [2.75, 3.05) is 13.1 Å². The SMILES string of the molecule is C=CCN(C[C@H]1C[C@@H](c2ccc(CO)cc2)O[C@@H](c2ccc(-c3cccc(CNC(=O)CCCCC(=O)NO)c3)cc2)O1)C1CCCC1. The molecule has 9 nitrogen and oxygen atoms in total. The van der Waals surface area contributed by atoms with Crippen LogP contribution >= 0.6 is 0 Å². The van der Waals surface area contributed by atoms with Gasteiger partial charge >= 0.3 is 0 Å². The predicted octanol–water partition coefficient (Wildman–Crippen LogP) is 6.50. The van der Waals surface area contributed by atoms with E-state index in [1.54, 1.807) is 5.48 Å². The molecule has 1 aliphatic heterocycles. The van der Waals surface area contributed by atoms with Crippen LogP contribution in [0.4, 0.5) is 0 Å². The van der Waals surface area contributed by atoms with Crippen LogP contribution in [0.3, 0.4) is 0 Å². The molecule has 1 saturated heterocycles. The van der Waals surface area contributed by atoms with E-state index in [0.717, 1.165) is 52.9 Å². The summed E-state index contributed by atoms with van der Waals surface area (Å²) in [4.78, 5) is 25.9. The molecule has 1 aliphatic carbocycles. The van der Waals surface area contributed by atoms with Crippen molar-refractivity contribution in [3.63, 3.8) is 0 Å². The van der Waals surface area contributed by atoms with E-state index in [9.17, 15) is 14.7 Å². The molecule has 2 aliphatic rings. The van der Waals surface area contributed by atoms with Gasteiger partial charge in [0.15, 0.2) is 6.29 Å². The fraction of sp³-hybridized carbons (Fsp3) is 0.436. The third-order valence-electron chi connectivity index (χ3n) is 9.37. The van der Waals surface area contributed by atoms with E-state index in [0.29, 0.717) is 31.8 Å². The summed E-state index contributed by atoms with van der Waals surface area (Å²) in [6.07, 6.45) is 8.68. The maximum atomic E-state index is 12.3. The van der Waals surface area contributed by atoms with Crippen molar-refractivity contribution in [1.82, 2.24) is 15.7 Å². The molecule has 0 bridgehead atoms. The van der Waals surface area contributed by atoms with Gasteiger partial charge in [0.1, 0.15) is 0 Å². The molecule has 3 atom stereocenters. The number of hydrogen-bond acceptors (Lipinski definition) is 7. The first kappa shape index (κ1) is 35.4. The molecule has 1 saturated carbocycles. The van der Waals surface area contributed by atoms with Crippen LogP contribution in [0.15, 0.2) is 85.5 Å². The lowest BCUT2D eigenvalue weighted by molar-refractivity contribution is -0.253. The Morgan fingerprint density at radius 1 is 0.875 bits per heavy atom. The Morgan fingerprint density at radius 2 is 1.58 bits per heavy atom. The summed E-state index contributed by atoms with van der Waals surface area (Å²) in [7, 11) is 0. The first-order valence-corrected chi connectivity index (χ1v) is 17.2. The topological polar surface area (TPSA) is 120 Å². The number of benzene rings is 3. The van der Waals surface area contributed by atoms with E-state index in [4.69, 9.17) is 14.7 Å². The molecule has 256 valence electrons. The number of carbonyl (C=O) groups excluding carboxylic acids is 2. The molecule has 3 aromatic rings. The Morgan fingerprint density at radius 3 is 2.27 bits per heavy atom. The highest BCUT2D eigenvalue weighted by molar-refractivity contribution is 5.76. The zero-order valence-electron chi connectivity index (χ0n) is 27.7. The van der Waals surface area contributed by atoms with E-state index >= 15 is 0 Å². The second kappa shape index (κ2) is 18.1. The molecule has 2 fully saturated rings.